The van der Waals surface area contributed by atoms with Gasteiger partial charge in [-0.15, -0.1) is 0 Å². The summed E-state index contributed by atoms with van der Waals surface area (Å²) in [5.41, 5.74) is 0.234. The van der Waals surface area contributed by atoms with Crippen LogP contribution in [0.1, 0.15) is 43.9 Å². The van der Waals surface area contributed by atoms with Crippen molar-refractivity contribution in [2.75, 3.05) is 11.9 Å². The van der Waals surface area contributed by atoms with Crippen molar-refractivity contribution < 1.29 is 19.1 Å². The number of nitrogens with one attached hydrogen (secondary N) is 2. The van der Waals surface area contributed by atoms with Crippen molar-refractivity contribution in [1.29, 1.82) is 0 Å². The van der Waals surface area contributed by atoms with Crippen molar-refractivity contribution in [3.05, 3.63) is 11.4 Å². The van der Waals surface area contributed by atoms with Gasteiger partial charge in [0.15, 0.2) is 5.69 Å². The highest BCUT2D eigenvalue weighted by molar-refractivity contribution is 5.98. The zero-order chi connectivity index (χ0) is 14.6. The summed E-state index contributed by atoms with van der Waals surface area (Å²) in [6, 6.07) is 0. The molecule has 0 unspecified atom stereocenters. The maximum Gasteiger partial charge on any atom is 0.412 e. The normalized spacial score (nSPS) is 11.0. The van der Waals surface area contributed by atoms with E-state index in [2.05, 4.69) is 15.5 Å². The number of aromatic nitrogens is 2. The summed E-state index contributed by atoms with van der Waals surface area (Å²) in [5.74, 6) is -0.599. The van der Waals surface area contributed by atoms with E-state index in [9.17, 15) is 9.59 Å². The van der Waals surface area contributed by atoms with Crippen molar-refractivity contribution in [2.45, 2.75) is 40.2 Å². The second kappa shape index (κ2) is 5.73. The van der Waals surface area contributed by atoms with Gasteiger partial charge >= 0.3 is 12.1 Å². The highest BCUT2D eigenvalue weighted by atomic mass is 16.6. The number of nitrogens with zero attached hydrogens (tertiary/aromatic N) is 1. The van der Waals surface area contributed by atoms with Crippen LogP contribution in [0.25, 0.3) is 0 Å². The third kappa shape index (κ3) is 4.27. The number of aromatic amines is 1. The maximum atomic E-state index is 11.7. The lowest BCUT2D eigenvalue weighted by molar-refractivity contribution is 0.0520. The fourth-order valence-corrected chi connectivity index (χ4v) is 1.33. The lowest BCUT2D eigenvalue weighted by Gasteiger charge is -2.19. The van der Waals surface area contributed by atoms with Gasteiger partial charge in [0, 0.05) is 0 Å². The van der Waals surface area contributed by atoms with E-state index in [4.69, 9.17) is 9.47 Å². The van der Waals surface area contributed by atoms with Crippen LogP contribution >= 0.6 is 0 Å². The number of amides is 1. The van der Waals surface area contributed by atoms with Crippen LogP contribution in [0.4, 0.5) is 10.5 Å². The topological polar surface area (TPSA) is 93.3 Å². The Hall–Kier alpha value is -2.05. The molecule has 0 aliphatic heterocycles. The van der Waals surface area contributed by atoms with Crippen LogP contribution in [0.5, 0.6) is 0 Å². The number of ether oxygens (including phenoxy) is 2. The molecule has 0 saturated heterocycles. The first-order chi connectivity index (χ1) is 8.74. The Morgan fingerprint density at radius 1 is 1.37 bits per heavy atom. The van der Waals surface area contributed by atoms with Gasteiger partial charge in [0.1, 0.15) is 5.60 Å². The predicted molar refractivity (Wildman–Crippen MR) is 69.1 cm³/mol. The van der Waals surface area contributed by atoms with Crippen LogP contribution in [0.3, 0.4) is 0 Å². The number of hydrogen-bond acceptors (Lipinski definition) is 5. The number of H-pyrrole nitrogens is 1. The van der Waals surface area contributed by atoms with E-state index in [1.54, 1.807) is 34.6 Å². The first kappa shape index (κ1) is 15.0. The van der Waals surface area contributed by atoms with Crippen LogP contribution in [-0.2, 0) is 9.47 Å². The van der Waals surface area contributed by atoms with Gasteiger partial charge in [-0.25, -0.2) is 9.59 Å². The van der Waals surface area contributed by atoms with Gasteiger partial charge < -0.3 is 9.47 Å². The summed E-state index contributed by atoms with van der Waals surface area (Å²) in [7, 11) is 0. The molecule has 1 heterocycles. The van der Waals surface area contributed by atoms with Crippen molar-refractivity contribution in [2.24, 2.45) is 0 Å². The average molecular weight is 269 g/mol. The van der Waals surface area contributed by atoms with Gasteiger partial charge in [-0.05, 0) is 34.6 Å². The lowest BCUT2D eigenvalue weighted by atomic mass is 10.2. The largest absolute Gasteiger partial charge is 0.461 e. The molecule has 2 N–H and O–H groups in total. The van der Waals surface area contributed by atoms with Crippen LogP contribution in [0, 0.1) is 6.92 Å². The molecule has 0 aliphatic carbocycles. The molecule has 0 spiro atoms. The second-order valence-corrected chi connectivity index (χ2v) is 4.92. The molecule has 7 heteroatoms. The highest BCUT2D eigenvalue weighted by Crippen LogP contribution is 2.19. The Morgan fingerprint density at radius 2 is 2.00 bits per heavy atom. The third-order valence-corrected chi connectivity index (χ3v) is 2.04. The Bertz CT molecular complexity index is 474. The van der Waals surface area contributed by atoms with Crippen LogP contribution < -0.4 is 5.32 Å². The van der Waals surface area contributed by atoms with E-state index >= 15 is 0 Å². The minimum atomic E-state index is -0.650. The quantitative estimate of drug-likeness (QED) is 0.821. The molecule has 7 nitrogen and oxygen atoms in total. The number of anilines is 1. The van der Waals surface area contributed by atoms with Crippen molar-refractivity contribution in [1.82, 2.24) is 10.2 Å². The molecule has 106 valence electrons. The molecule has 0 aromatic carbocycles. The molecule has 19 heavy (non-hydrogen) atoms. The van der Waals surface area contributed by atoms with Gasteiger partial charge in [-0.1, -0.05) is 0 Å². The van der Waals surface area contributed by atoms with Gasteiger partial charge in [-0.2, -0.15) is 5.10 Å². The van der Waals surface area contributed by atoms with Crippen LogP contribution in [-0.4, -0.2) is 34.5 Å². The molecule has 1 rings (SSSR count). The SMILES string of the molecule is CCOC(=O)c1n[nH]c(C)c1NC(=O)OC(C)(C)C. The van der Waals surface area contributed by atoms with E-state index in [0.29, 0.717) is 5.69 Å². The van der Waals surface area contributed by atoms with Gasteiger partial charge in [0.2, 0.25) is 0 Å². The number of aryl methyl sites for hydroxylation is 1. The molecule has 0 saturated carbocycles. The first-order valence-electron chi connectivity index (χ1n) is 5.96. The highest BCUT2D eigenvalue weighted by Gasteiger charge is 2.23. The first-order valence-corrected chi connectivity index (χ1v) is 5.96. The van der Waals surface area contributed by atoms with E-state index in [1.807, 2.05) is 0 Å². The molecule has 0 fully saturated rings. The summed E-state index contributed by atoms with van der Waals surface area (Å²) in [4.78, 5) is 23.3. The fourth-order valence-electron chi connectivity index (χ4n) is 1.33. The number of esters is 1. The predicted octanol–water partition coefficient (Wildman–Crippen LogP) is 2.24. The minimum Gasteiger partial charge on any atom is -0.461 e. The second-order valence-electron chi connectivity index (χ2n) is 4.92. The summed E-state index contributed by atoms with van der Waals surface area (Å²) >= 11 is 0. The molecular weight excluding hydrogens is 250 g/mol. The van der Waals surface area contributed by atoms with Crippen molar-refractivity contribution in [3.63, 3.8) is 0 Å². The van der Waals surface area contributed by atoms with E-state index < -0.39 is 17.7 Å². The number of carbonyl (C=O) groups excluding carboxylic acids is 2. The molecule has 0 radical (unpaired) electrons. The number of hydrogen-bond donors (Lipinski definition) is 2. The third-order valence-electron chi connectivity index (χ3n) is 2.04. The Morgan fingerprint density at radius 3 is 2.53 bits per heavy atom. The maximum absolute atomic E-state index is 11.7. The Kier molecular flexibility index (Phi) is 4.52. The van der Waals surface area contributed by atoms with Crippen LogP contribution in [0.2, 0.25) is 0 Å². The fraction of sp³-hybridized carbons (Fsp3) is 0.583. The van der Waals surface area contributed by atoms with Crippen molar-refractivity contribution in [3.8, 4) is 0 Å². The van der Waals surface area contributed by atoms with E-state index in [1.165, 1.54) is 0 Å². The average Bonchev–Trinajstić information content (AvgIpc) is 2.58. The van der Waals surface area contributed by atoms with Gasteiger partial charge in [0.05, 0.1) is 18.0 Å². The summed E-state index contributed by atoms with van der Waals surface area (Å²) in [5, 5.41) is 8.94. The number of carbonyl (C=O) groups is 2. The van der Waals surface area contributed by atoms with Gasteiger partial charge in [0.25, 0.3) is 0 Å². The smallest absolute Gasteiger partial charge is 0.412 e. The summed E-state index contributed by atoms with van der Waals surface area (Å²) < 4.78 is 9.97. The molecule has 0 aliphatic rings. The summed E-state index contributed by atoms with van der Waals surface area (Å²) in [6.07, 6.45) is -0.650. The zero-order valence-corrected chi connectivity index (χ0v) is 11.8. The summed E-state index contributed by atoms with van der Waals surface area (Å²) in [6.45, 7) is 8.86. The molecule has 1 aromatic heterocycles. The monoisotopic (exact) mass is 269 g/mol. The molecule has 1 amide bonds. The Labute approximate surface area is 111 Å². The van der Waals surface area contributed by atoms with Crippen molar-refractivity contribution >= 4 is 17.7 Å². The lowest BCUT2D eigenvalue weighted by Crippen LogP contribution is -2.27. The molecular formula is C12H19N3O4. The minimum absolute atomic E-state index is 0.0326. The Balaban J connectivity index is 2.86. The molecule has 0 bridgehead atoms. The zero-order valence-electron chi connectivity index (χ0n) is 11.8. The molecule has 0 atom stereocenters. The van der Waals surface area contributed by atoms with Gasteiger partial charge in [-0.3, -0.25) is 10.4 Å². The number of rotatable bonds is 3. The van der Waals surface area contributed by atoms with E-state index in [0.717, 1.165) is 0 Å². The molecule has 1 aromatic rings. The van der Waals surface area contributed by atoms with E-state index in [-0.39, 0.29) is 18.0 Å². The van der Waals surface area contributed by atoms with Crippen LogP contribution in [0.15, 0.2) is 0 Å². The standard InChI is InChI=1S/C12H19N3O4/c1-6-18-10(16)9-8(7(2)14-15-9)13-11(17)19-12(3,4)5/h6H2,1-5H3,(H,13,17)(H,14,15).